The first-order valence-corrected chi connectivity index (χ1v) is 3.53. The number of carbonyl (C=O) groups is 1. The van der Waals surface area contributed by atoms with Crippen molar-refractivity contribution in [3.63, 3.8) is 0 Å². The third kappa shape index (κ3) is 4.07. The molecule has 1 unspecified atom stereocenters. The monoisotopic (exact) mass is 152 g/mol. The lowest BCUT2D eigenvalue weighted by Gasteiger charge is -2.00. The maximum absolute atomic E-state index is 10.1. The molecule has 0 rings (SSSR count). The smallest absolute Gasteiger partial charge is 0.321 e. The molecule has 0 bridgehead atoms. The summed E-state index contributed by atoms with van der Waals surface area (Å²) in [5.41, 5.74) is 4.94. The maximum atomic E-state index is 10.1. The van der Waals surface area contributed by atoms with Crippen LogP contribution in [0.4, 0.5) is 0 Å². The highest BCUT2D eigenvalue weighted by atomic mass is 32.2. The molecule has 0 heterocycles. The molecular weight excluding hydrogens is 144 g/mol. The van der Waals surface area contributed by atoms with Gasteiger partial charge in [0.15, 0.2) is 0 Å². The molecule has 0 aromatic heterocycles. The van der Waals surface area contributed by atoms with Gasteiger partial charge in [-0.05, 0) is 0 Å². The van der Waals surface area contributed by atoms with Crippen molar-refractivity contribution in [2.45, 2.75) is 6.04 Å². The van der Waals surface area contributed by atoms with Crippen LogP contribution >= 0.6 is 0 Å². The Morgan fingerprint density at radius 2 is 2.22 bits per heavy atom. The van der Waals surface area contributed by atoms with Crippen LogP contribution < -0.4 is 10.9 Å². The van der Waals surface area contributed by atoms with E-state index in [0.29, 0.717) is 0 Å². The van der Waals surface area contributed by atoms with Gasteiger partial charge in [0.05, 0.1) is 16.7 Å². The van der Waals surface area contributed by atoms with Gasteiger partial charge in [-0.15, -0.1) is 0 Å². The number of hydrogen-bond donors (Lipinski definition) is 3. The van der Waals surface area contributed by atoms with E-state index in [0.717, 1.165) is 0 Å². The Balaban J connectivity index is 3.63. The van der Waals surface area contributed by atoms with Gasteiger partial charge in [0, 0.05) is 0 Å². The first-order valence-electron chi connectivity index (χ1n) is 2.15. The highest BCUT2D eigenvalue weighted by Crippen LogP contribution is 1.79. The van der Waals surface area contributed by atoms with Crippen molar-refractivity contribution in [1.82, 2.24) is 0 Å². The van der Waals surface area contributed by atoms with Gasteiger partial charge in [0.25, 0.3) is 0 Å². The number of carboxylic acids is 1. The van der Waals surface area contributed by atoms with Gasteiger partial charge in [-0.2, -0.15) is 0 Å². The second-order valence-electron chi connectivity index (χ2n) is 1.49. The lowest BCUT2D eigenvalue weighted by atomic mass is 10.4. The lowest BCUT2D eigenvalue weighted by Crippen LogP contribution is -2.37. The zero-order valence-electron chi connectivity index (χ0n) is 4.61. The van der Waals surface area contributed by atoms with Crippen molar-refractivity contribution in [2.75, 3.05) is 5.75 Å². The van der Waals surface area contributed by atoms with Crippen LogP contribution in [-0.4, -0.2) is 27.1 Å². The number of aliphatic carboxylic acids is 1. The molecule has 54 valence electrons. The summed E-state index contributed by atoms with van der Waals surface area (Å²) in [5.74, 6) is -1.39. The summed E-state index contributed by atoms with van der Waals surface area (Å²) >= 11 is 0. The molecule has 0 fully saturated rings. The molecular formula is C3H8N2O3S. The van der Waals surface area contributed by atoms with Crippen LogP contribution in [0.25, 0.3) is 0 Å². The second kappa shape index (κ2) is 3.54. The second-order valence-corrected chi connectivity index (χ2v) is 2.59. The molecule has 5 N–H and O–H groups in total. The van der Waals surface area contributed by atoms with Gasteiger partial charge in [-0.3, -0.25) is 9.93 Å². The zero-order valence-corrected chi connectivity index (χ0v) is 5.43. The number of hydrogen-bond acceptors (Lipinski definition) is 3. The van der Waals surface area contributed by atoms with Crippen LogP contribution in [0.1, 0.15) is 0 Å². The van der Waals surface area contributed by atoms with Gasteiger partial charge >= 0.3 is 5.97 Å². The van der Waals surface area contributed by atoms with Gasteiger partial charge < -0.3 is 10.8 Å². The summed E-state index contributed by atoms with van der Waals surface area (Å²) in [6.45, 7) is 0. The van der Waals surface area contributed by atoms with Crippen molar-refractivity contribution in [3.05, 3.63) is 0 Å². The molecule has 0 radical (unpaired) electrons. The molecule has 5 nitrogen and oxygen atoms in total. The van der Waals surface area contributed by atoms with E-state index in [1.165, 1.54) is 0 Å². The quantitative estimate of drug-likeness (QED) is 0.435. The normalized spacial score (nSPS) is 16.7. The molecule has 6 heteroatoms. The van der Waals surface area contributed by atoms with E-state index in [1.807, 2.05) is 0 Å². The largest absolute Gasteiger partial charge is 0.480 e. The minimum Gasteiger partial charge on any atom is -0.480 e. The molecule has 0 aliphatic heterocycles. The van der Waals surface area contributed by atoms with E-state index in [4.69, 9.17) is 16.0 Å². The SMILES string of the molecule is N[C@@H](CS(N)=O)C(=O)O. The lowest BCUT2D eigenvalue weighted by molar-refractivity contribution is -0.137. The maximum Gasteiger partial charge on any atom is 0.321 e. The number of nitrogens with two attached hydrogens (primary N) is 2. The van der Waals surface area contributed by atoms with Crippen molar-refractivity contribution >= 4 is 17.0 Å². The summed E-state index contributed by atoms with van der Waals surface area (Å²) in [5, 5.41) is 12.9. The van der Waals surface area contributed by atoms with Crippen LogP contribution in [0.2, 0.25) is 0 Å². The highest BCUT2D eigenvalue weighted by molar-refractivity contribution is 7.82. The molecule has 0 saturated heterocycles. The van der Waals surface area contributed by atoms with E-state index in [2.05, 4.69) is 0 Å². The molecule has 0 aliphatic rings. The fourth-order valence-electron chi connectivity index (χ4n) is 0.248. The molecule has 0 aromatic carbocycles. The summed E-state index contributed by atoms with van der Waals surface area (Å²) in [4.78, 5) is 9.92. The summed E-state index contributed by atoms with van der Waals surface area (Å²) < 4.78 is 10.1. The van der Waals surface area contributed by atoms with Gasteiger partial charge in [-0.25, -0.2) is 4.21 Å². The third-order valence-electron chi connectivity index (χ3n) is 0.661. The standard InChI is InChI=1S/C3H8N2O3S/c4-2(3(6)7)1-9(5)8/h2H,1,4-5H2,(H,6,7)/t2-,9?/m0/s1. The number of rotatable bonds is 3. The first-order chi connectivity index (χ1) is 4.04. The van der Waals surface area contributed by atoms with Gasteiger partial charge in [0.2, 0.25) is 0 Å². The fourth-order valence-corrected chi connectivity index (χ4v) is 0.745. The molecule has 2 atom stereocenters. The average Bonchev–Trinajstić information content (AvgIpc) is 1.63. The molecule has 0 saturated carbocycles. The van der Waals surface area contributed by atoms with E-state index < -0.39 is 23.0 Å². The topological polar surface area (TPSA) is 106 Å². The summed E-state index contributed by atoms with van der Waals surface area (Å²) in [7, 11) is -1.62. The van der Waals surface area contributed by atoms with Crippen LogP contribution in [0.5, 0.6) is 0 Å². The summed E-state index contributed by atoms with van der Waals surface area (Å²) in [6.07, 6.45) is 0. The van der Waals surface area contributed by atoms with Crippen molar-refractivity contribution in [3.8, 4) is 0 Å². The predicted octanol–water partition coefficient (Wildman–Crippen LogP) is -1.98. The average molecular weight is 152 g/mol. The predicted molar refractivity (Wildman–Crippen MR) is 32.8 cm³/mol. The Hall–Kier alpha value is -0.460. The molecule has 0 spiro atoms. The van der Waals surface area contributed by atoms with Crippen molar-refractivity contribution in [2.24, 2.45) is 10.9 Å². The van der Waals surface area contributed by atoms with E-state index in [1.54, 1.807) is 0 Å². The fraction of sp³-hybridized carbons (Fsp3) is 0.667. The van der Waals surface area contributed by atoms with Gasteiger partial charge in [-0.1, -0.05) is 0 Å². The third-order valence-corrected chi connectivity index (χ3v) is 1.35. The first kappa shape index (κ1) is 8.54. The van der Waals surface area contributed by atoms with Crippen molar-refractivity contribution < 1.29 is 14.1 Å². The molecule has 0 amide bonds. The van der Waals surface area contributed by atoms with Crippen LogP contribution in [-0.2, 0) is 15.8 Å². The Labute approximate surface area is 54.6 Å². The van der Waals surface area contributed by atoms with E-state index in [-0.39, 0.29) is 5.75 Å². The highest BCUT2D eigenvalue weighted by Gasteiger charge is 2.12. The Kier molecular flexibility index (Phi) is 3.36. The van der Waals surface area contributed by atoms with E-state index >= 15 is 0 Å². The minimum absolute atomic E-state index is 0.199. The number of carboxylic acid groups (broad SMARTS) is 1. The Morgan fingerprint density at radius 3 is 2.33 bits per heavy atom. The van der Waals surface area contributed by atoms with E-state index in [9.17, 15) is 9.00 Å². The van der Waals surface area contributed by atoms with Crippen molar-refractivity contribution in [1.29, 1.82) is 0 Å². The van der Waals surface area contributed by atoms with Gasteiger partial charge in [0.1, 0.15) is 6.04 Å². The summed E-state index contributed by atoms with van der Waals surface area (Å²) in [6, 6.07) is -1.11. The molecule has 0 aromatic rings. The van der Waals surface area contributed by atoms with Crippen LogP contribution in [0, 0.1) is 0 Å². The Bertz CT molecular complexity index is 137. The Morgan fingerprint density at radius 1 is 1.78 bits per heavy atom. The molecule has 0 aliphatic carbocycles. The minimum atomic E-state index is -1.62. The molecule has 9 heavy (non-hydrogen) atoms. The zero-order chi connectivity index (χ0) is 7.44. The van der Waals surface area contributed by atoms with Crippen LogP contribution in [0.3, 0.4) is 0 Å². The van der Waals surface area contributed by atoms with Crippen LogP contribution in [0.15, 0.2) is 0 Å².